The molecule has 1 heterocycles. The molecule has 1 amide bonds. The maximum atomic E-state index is 12.1. The van der Waals surface area contributed by atoms with Crippen molar-refractivity contribution in [2.75, 3.05) is 43.4 Å². The largest absolute Gasteiger partial charge is 0.478 e. The van der Waals surface area contributed by atoms with Crippen LogP contribution in [0.25, 0.3) is 0 Å². The van der Waals surface area contributed by atoms with Gasteiger partial charge in [-0.3, -0.25) is 4.79 Å². The Labute approximate surface area is 137 Å². The number of carbonyl (C=O) groups excluding carboxylic acids is 1. The summed E-state index contributed by atoms with van der Waals surface area (Å²) in [5, 5.41) is 12.2. The summed E-state index contributed by atoms with van der Waals surface area (Å²) in [5.41, 5.74) is 0.768. The van der Waals surface area contributed by atoms with E-state index in [4.69, 9.17) is 0 Å². The minimum absolute atomic E-state index is 0.124. The summed E-state index contributed by atoms with van der Waals surface area (Å²) in [4.78, 5) is 28.1. The Morgan fingerprint density at radius 2 is 1.74 bits per heavy atom. The van der Waals surface area contributed by atoms with Crippen LogP contribution in [0.2, 0.25) is 0 Å². The van der Waals surface area contributed by atoms with E-state index in [-0.39, 0.29) is 11.5 Å². The molecule has 0 radical (unpaired) electrons. The number of nitrogens with one attached hydrogen (secondary N) is 1. The number of piperazine rings is 1. The van der Waals surface area contributed by atoms with Crippen LogP contribution in [0.5, 0.6) is 0 Å². The lowest BCUT2D eigenvalue weighted by Crippen LogP contribution is -2.44. The Kier molecular flexibility index (Phi) is 4.94. The summed E-state index contributed by atoms with van der Waals surface area (Å²) in [5.74, 6) is -1.24. The Bertz CT molecular complexity index is 600. The first-order chi connectivity index (χ1) is 10.7. The number of carboxylic acid groups (broad SMARTS) is 1. The first-order valence-electron chi connectivity index (χ1n) is 7.81. The highest BCUT2D eigenvalue weighted by Crippen LogP contribution is 2.26. The van der Waals surface area contributed by atoms with Gasteiger partial charge in [-0.2, -0.15) is 0 Å². The van der Waals surface area contributed by atoms with Gasteiger partial charge in [0.1, 0.15) is 0 Å². The first kappa shape index (κ1) is 17.3. The highest BCUT2D eigenvalue weighted by molar-refractivity contribution is 6.02. The first-order valence-corrected chi connectivity index (χ1v) is 7.81. The van der Waals surface area contributed by atoms with Crippen molar-refractivity contribution in [1.82, 2.24) is 4.90 Å². The molecule has 1 aromatic rings. The van der Waals surface area contributed by atoms with E-state index in [9.17, 15) is 14.7 Å². The summed E-state index contributed by atoms with van der Waals surface area (Å²) >= 11 is 0. The summed E-state index contributed by atoms with van der Waals surface area (Å²) < 4.78 is 0. The van der Waals surface area contributed by atoms with Crippen LogP contribution in [0.15, 0.2) is 18.2 Å². The van der Waals surface area contributed by atoms with E-state index >= 15 is 0 Å². The molecule has 6 heteroatoms. The molecule has 0 atom stereocenters. The summed E-state index contributed by atoms with van der Waals surface area (Å²) in [6, 6.07) is 5.20. The molecule has 2 rings (SSSR count). The van der Waals surface area contributed by atoms with Gasteiger partial charge in [-0.1, -0.05) is 20.8 Å². The SMILES string of the molecule is CN1CCN(c2ccc(NC(=O)C(C)(C)C)c(C(=O)O)c2)CC1. The second-order valence-electron chi connectivity index (χ2n) is 7.03. The molecular weight excluding hydrogens is 294 g/mol. The van der Waals surface area contributed by atoms with Crippen LogP contribution < -0.4 is 10.2 Å². The molecule has 126 valence electrons. The van der Waals surface area contributed by atoms with Crippen LogP contribution in [0.1, 0.15) is 31.1 Å². The lowest BCUT2D eigenvalue weighted by molar-refractivity contribution is -0.123. The lowest BCUT2D eigenvalue weighted by Gasteiger charge is -2.34. The maximum absolute atomic E-state index is 12.1. The summed E-state index contributed by atoms with van der Waals surface area (Å²) in [6.45, 7) is 9.01. The van der Waals surface area contributed by atoms with E-state index in [0.717, 1.165) is 31.9 Å². The number of carboxylic acids is 1. The smallest absolute Gasteiger partial charge is 0.337 e. The molecule has 1 fully saturated rings. The molecule has 0 bridgehead atoms. The predicted octanol–water partition coefficient (Wildman–Crippen LogP) is 2.12. The highest BCUT2D eigenvalue weighted by Gasteiger charge is 2.24. The van der Waals surface area contributed by atoms with Crippen molar-refractivity contribution in [2.24, 2.45) is 5.41 Å². The van der Waals surface area contributed by atoms with E-state index in [1.165, 1.54) is 0 Å². The zero-order chi connectivity index (χ0) is 17.2. The topological polar surface area (TPSA) is 72.9 Å². The van der Waals surface area contributed by atoms with Gasteiger partial charge in [-0.05, 0) is 25.2 Å². The van der Waals surface area contributed by atoms with Crippen LogP contribution in [-0.4, -0.2) is 55.1 Å². The second-order valence-corrected chi connectivity index (χ2v) is 7.03. The lowest BCUT2D eigenvalue weighted by atomic mass is 9.95. The number of aromatic carboxylic acids is 1. The Hall–Kier alpha value is -2.08. The molecule has 6 nitrogen and oxygen atoms in total. The van der Waals surface area contributed by atoms with Crippen molar-refractivity contribution < 1.29 is 14.7 Å². The third-order valence-corrected chi connectivity index (χ3v) is 4.03. The fraction of sp³-hybridized carbons (Fsp3) is 0.529. The van der Waals surface area contributed by atoms with Gasteiger partial charge in [-0.25, -0.2) is 4.79 Å². The minimum atomic E-state index is -1.04. The fourth-order valence-electron chi connectivity index (χ4n) is 2.39. The van der Waals surface area contributed by atoms with Crippen LogP contribution in [0.3, 0.4) is 0 Å². The summed E-state index contributed by atoms with van der Waals surface area (Å²) in [6.07, 6.45) is 0. The van der Waals surface area contributed by atoms with Gasteiger partial charge in [0.15, 0.2) is 0 Å². The highest BCUT2D eigenvalue weighted by atomic mass is 16.4. The molecule has 1 aliphatic rings. The number of likely N-dealkylation sites (N-methyl/N-ethyl adjacent to an activating group) is 1. The third-order valence-electron chi connectivity index (χ3n) is 4.03. The molecule has 0 spiro atoms. The average Bonchev–Trinajstić information content (AvgIpc) is 2.47. The number of anilines is 2. The van der Waals surface area contributed by atoms with E-state index in [2.05, 4.69) is 22.2 Å². The van der Waals surface area contributed by atoms with Crippen molar-refractivity contribution in [1.29, 1.82) is 0 Å². The number of amides is 1. The average molecular weight is 319 g/mol. The zero-order valence-electron chi connectivity index (χ0n) is 14.2. The number of carbonyl (C=O) groups is 2. The molecule has 2 N–H and O–H groups in total. The van der Waals surface area contributed by atoms with E-state index in [1.807, 2.05) is 6.07 Å². The van der Waals surface area contributed by atoms with Gasteiger partial charge < -0.3 is 20.2 Å². The maximum Gasteiger partial charge on any atom is 0.337 e. The molecule has 0 aromatic heterocycles. The van der Waals surface area contributed by atoms with Gasteiger partial charge in [0, 0.05) is 37.3 Å². The van der Waals surface area contributed by atoms with Gasteiger partial charge in [0.25, 0.3) is 0 Å². The molecule has 1 aliphatic heterocycles. The van der Waals surface area contributed by atoms with Crippen LogP contribution in [-0.2, 0) is 4.79 Å². The van der Waals surface area contributed by atoms with Crippen LogP contribution in [0, 0.1) is 5.41 Å². The van der Waals surface area contributed by atoms with E-state index < -0.39 is 11.4 Å². The van der Waals surface area contributed by atoms with Crippen molar-refractivity contribution in [2.45, 2.75) is 20.8 Å². The minimum Gasteiger partial charge on any atom is -0.478 e. The normalized spacial score (nSPS) is 16.3. The number of hydrogen-bond acceptors (Lipinski definition) is 4. The second kappa shape index (κ2) is 6.58. The number of hydrogen-bond donors (Lipinski definition) is 2. The quantitative estimate of drug-likeness (QED) is 0.893. The zero-order valence-corrected chi connectivity index (χ0v) is 14.2. The molecule has 0 unspecified atom stereocenters. The number of benzene rings is 1. The van der Waals surface area contributed by atoms with Crippen LogP contribution >= 0.6 is 0 Å². The van der Waals surface area contributed by atoms with Gasteiger partial charge in [0.2, 0.25) is 5.91 Å². The van der Waals surface area contributed by atoms with Crippen molar-refractivity contribution in [3.63, 3.8) is 0 Å². The van der Waals surface area contributed by atoms with Crippen molar-refractivity contribution in [3.8, 4) is 0 Å². The van der Waals surface area contributed by atoms with Gasteiger partial charge >= 0.3 is 5.97 Å². The Balaban J connectivity index is 2.25. The molecule has 23 heavy (non-hydrogen) atoms. The third kappa shape index (κ3) is 4.22. The summed E-state index contributed by atoms with van der Waals surface area (Å²) in [7, 11) is 2.07. The van der Waals surface area contributed by atoms with Crippen molar-refractivity contribution in [3.05, 3.63) is 23.8 Å². The monoisotopic (exact) mass is 319 g/mol. The van der Waals surface area contributed by atoms with Crippen molar-refractivity contribution >= 4 is 23.3 Å². The Morgan fingerprint density at radius 1 is 1.13 bits per heavy atom. The fourth-order valence-corrected chi connectivity index (χ4v) is 2.39. The standard InChI is InChI=1S/C17H25N3O3/c1-17(2,3)16(23)18-14-6-5-12(11-13(14)15(21)22)20-9-7-19(4)8-10-20/h5-6,11H,7-10H2,1-4H3,(H,18,23)(H,21,22). The number of nitrogens with zero attached hydrogens (tertiary/aromatic N) is 2. The molecule has 0 aliphatic carbocycles. The molecule has 1 saturated heterocycles. The van der Waals surface area contributed by atoms with Gasteiger partial charge in [-0.15, -0.1) is 0 Å². The van der Waals surface area contributed by atoms with E-state index in [1.54, 1.807) is 32.9 Å². The van der Waals surface area contributed by atoms with Crippen LogP contribution in [0.4, 0.5) is 11.4 Å². The molecule has 1 aromatic carbocycles. The molecular formula is C17H25N3O3. The number of rotatable bonds is 3. The van der Waals surface area contributed by atoms with E-state index in [0.29, 0.717) is 5.69 Å². The molecule has 0 saturated carbocycles. The predicted molar refractivity (Wildman–Crippen MR) is 91.2 cm³/mol. The Morgan fingerprint density at radius 3 is 2.26 bits per heavy atom. The van der Waals surface area contributed by atoms with Gasteiger partial charge in [0.05, 0.1) is 11.3 Å².